The minimum absolute atomic E-state index is 0.770. The number of pyridine rings is 1. The summed E-state index contributed by atoms with van der Waals surface area (Å²) < 4.78 is 0. The number of thiazole rings is 1. The first kappa shape index (κ1) is 17.3. The fraction of sp³-hybridized carbons (Fsp3) is 0.200. The van der Waals surface area contributed by atoms with Crippen LogP contribution >= 0.6 is 22.7 Å². The van der Waals surface area contributed by atoms with Gasteiger partial charge in [-0.05, 0) is 23.6 Å². The van der Waals surface area contributed by atoms with E-state index in [1.807, 2.05) is 36.1 Å². The standard InChI is InChI=1S/C20H18N6S2/c1-2-6-21-17(5-1)25-8-10-26(11-9-25)20-23-14-15(16-4-3-12-27-16)18(24-20)19-22-7-13-28-19/h1-7,12-14H,8-11H2. The molecule has 28 heavy (non-hydrogen) atoms. The zero-order chi connectivity index (χ0) is 18.8. The van der Waals surface area contributed by atoms with Gasteiger partial charge >= 0.3 is 0 Å². The van der Waals surface area contributed by atoms with Crippen molar-refractivity contribution in [2.75, 3.05) is 36.0 Å². The van der Waals surface area contributed by atoms with Gasteiger partial charge in [0.1, 0.15) is 16.5 Å². The molecule has 6 nitrogen and oxygen atoms in total. The van der Waals surface area contributed by atoms with Crippen LogP contribution in [0.25, 0.3) is 21.1 Å². The third-order valence-corrected chi connectivity index (χ3v) is 6.42. The van der Waals surface area contributed by atoms with Crippen LogP contribution < -0.4 is 9.80 Å². The first-order chi connectivity index (χ1) is 13.9. The fourth-order valence-electron chi connectivity index (χ4n) is 3.32. The minimum Gasteiger partial charge on any atom is -0.353 e. The summed E-state index contributed by atoms with van der Waals surface area (Å²) in [7, 11) is 0. The van der Waals surface area contributed by atoms with Gasteiger partial charge in [0.25, 0.3) is 0 Å². The molecule has 0 saturated carbocycles. The lowest BCUT2D eigenvalue weighted by atomic mass is 10.2. The molecular formula is C20H18N6S2. The van der Waals surface area contributed by atoms with E-state index in [2.05, 4.69) is 43.3 Å². The predicted molar refractivity (Wildman–Crippen MR) is 115 cm³/mol. The molecular weight excluding hydrogens is 388 g/mol. The molecule has 4 aromatic heterocycles. The number of piperazine rings is 1. The molecule has 5 heterocycles. The van der Waals surface area contributed by atoms with Crippen LogP contribution in [0.1, 0.15) is 0 Å². The highest BCUT2D eigenvalue weighted by molar-refractivity contribution is 7.14. The van der Waals surface area contributed by atoms with Gasteiger partial charge in [-0.1, -0.05) is 12.1 Å². The van der Waals surface area contributed by atoms with Gasteiger partial charge in [0, 0.05) is 60.6 Å². The lowest BCUT2D eigenvalue weighted by Crippen LogP contribution is -2.47. The van der Waals surface area contributed by atoms with Gasteiger partial charge < -0.3 is 9.80 Å². The van der Waals surface area contributed by atoms with Crippen molar-refractivity contribution in [3.8, 4) is 21.1 Å². The van der Waals surface area contributed by atoms with Gasteiger partial charge in [-0.15, -0.1) is 22.7 Å². The lowest BCUT2D eigenvalue weighted by Gasteiger charge is -2.35. The monoisotopic (exact) mass is 406 g/mol. The van der Waals surface area contributed by atoms with E-state index in [9.17, 15) is 0 Å². The zero-order valence-electron chi connectivity index (χ0n) is 15.1. The number of hydrogen-bond acceptors (Lipinski definition) is 8. The molecule has 0 radical (unpaired) electrons. The van der Waals surface area contributed by atoms with E-state index in [-0.39, 0.29) is 0 Å². The van der Waals surface area contributed by atoms with Crippen molar-refractivity contribution in [2.45, 2.75) is 0 Å². The molecule has 0 amide bonds. The van der Waals surface area contributed by atoms with E-state index in [0.29, 0.717) is 0 Å². The van der Waals surface area contributed by atoms with Gasteiger partial charge in [0.05, 0.1) is 0 Å². The highest BCUT2D eigenvalue weighted by Crippen LogP contribution is 2.34. The van der Waals surface area contributed by atoms with Crippen molar-refractivity contribution in [1.29, 1.82) is 0 Å². The molecule has 140 valence electrons. The molecule has 0 spiro atoms. The second-order valence-electron chi connectivity index (χ2n) is 6.41. The minimum atomic E-state index is 0.770. The summed E-state index contributed by atoms with van der Waals surface area (Å²) in [6.07, 6.45) is 5.61. The van der Waals surface area contributed by atoms with Crippen LogP contribution in [0.4, 0.5) is 11.8 Å². The molecule has 1 aliphatic rings. The number of thiophene rings is 1. The summed E-state index contributed by atoms with van der Waals surface area (Å²) in [5, 5.41) is 4.99. The SMILES string of the molecule is c1ccc(N2CCN(c3ncc(-c4cccs4)c(-c4nccs4)n3)CC2)nc1. The maximum Gasteiger partial charge on any atom is 0.226 e. The third-order valence-electron chi connectivity index (χ3n) is 4.73. The molecule has 0 aliphatic carbocycles. The van der Waals surface area contributed by atoms with E-state index in [0.717, 1.165) is 59.1 Å². The fourth-order valence-corrected chi connectivity index (χ4v) is 4.69. The Kier molecular flexibility index (Phi) is 4.72. The largest absolute Gasteiger partial charge is 0.353 e. The first-order valence-corrected chi connectivity index (χ1v) is 10.9. The lowest BCUT2D eigenvalue weighted by molar-refractivity contribution is 0.635. The third kappa shape index (κ3) is 3.36. The van der Waals surface area contributed by atoms with Gasteiger partial charge in [-0.25, -0.2) is 19.9 Å². The van der Waals surface area contributed by atoms with Crippen molar-refractivity contribution in [2.24, 2.45) is 0 Å². The summed E-state index contributed by atoms with van der Waals surface area (Å²) in [5.41, 5.74) is 1.95. The summed E-state index contributed by atoms with van der Waals surface area (Å²) >= 11 is 3.31. The van der Waals surface area contributed by atoms with E-state index < -0.39 is 0 Å². The second-order valence-corrected chi connectivity index (χ2v) is 8.25. The normalized spacial score (nSPS) is 14.4. The summed E-state index contributed by atoms with van der Waals surface area (Å²) in [6.45, 7) is 3.54. The van der Waals surface area contributed by atoms with Crippen molar-refractivity contribution in [3.05, 3.63) is 59.7 Å². The number of hydrogen-bond donors (Lipinski definition) is 0. The zero-order valence-corrected chi connectivity index (χ0v) is 16.7. The molecule has 0 atom stereocenters. The van der Waals surface area contributed by atoms with Gasteiger partial charge in [0.2, 0.25) is 5.95 Å². The Hall–Kier alpha value is -2.84. The number of nitrogens with zero attached hydrogens (tertiary/aromatic N) is 6. The first-order valence-electron chi connectivity index (χ1n) is 9.10. The predicted octanol–water partition coefficient (Wildman–Crippen LogP) is 4.05. The average Bonchev–Trinajstić information content (AvgIpc) is 3.48. The van der Waals surface area contributed by atoms with Crippen LogP contribution in [0.2, 0.25) is 0 Å². The van der Waals surface area contributed by atoms with Crippen LogP contribution in [0.5, 0.6) is 0 Å². The molecule has 8 heteroatoms. The molecule has 1 saturated heterocycles. The molecule has 0 N–H and O–H groups in total. The van der Waals surface area contributed by atoms with Crippen LogP contribution in [-0.2, 0) is 0 Å². The van der Waals surface area contributed by atoms with Crippen molar-refractivity contribution in [1.82, 2.24) is 19.9 Å². The Morgan fingerprint density at radius 3 is 2.39 bits per heavy atom. The van der Waals surface area contributed by atoms with E-state index in [1.165, 1.54) is 0 Å². The van der Waals surface area contributed by atoms with Crippen molar-refractivity contribution in [3.63, 3.8) is 0 Å². The van der Waals surface area contributed by atoms with Gasteiger partial charge in [-0.2, -0.15) is 0 Å². The highest BCUT2D eigenvalue weighted by atomic mass is 32.1. The van der Waals surface area contributed by atoms with Crippen LogP contribution in [0.3, 0.4) is 0 Å². The molecule has 1 fully saturated rings. The Morgan fingerprint density at radius 2 is 1.68 bits per heavy atom. The van der Waals surface area contributed by atoms with Crippen LogP contribution in [0, 0.1) is 0 Å². The van der Waals surface area contributed by atoms with Crippen LogP contribution in [-0.4, -0.2) is 46.1 Å². The molecule has 0 unspecified atom stereocenters. The van der Waals surface area contributed by atoms with Crippen LogP contribution in [0.15, 0.2) is 59.7 Å². The summed E-state index contributed by atoms with van der Waals surface area (Å²) in [5.74, 6) is 1.80. The van der Waals surface area contributed by atoms with Crippen molar-refractivity contribution >= 4 is 34.4 Å². The summed E-state index contributed by atoms with van der Waals surface area (Å²) in [4.78, 5) is 24.3. The topological polar surface area (TPSA) is 58.0 Å². The molecule has 0 aromatic carbocycles. The van der Waals surface area contributed by atoms with Gasteiger partial charge in [-0.3, -0.25) is 0 Å². The Bertz CT molecular complexity index is 1030. The summed E-state index contributed by atoms with van der Waals surface area (Å²) in [6, 6.07) is 10.2. The highest BCUT2D eigenvalue weighted by Gasteiger charge is 2.22. The number of aromatic nitrogens is 4. The molecule has 1 aliphatic heterocycles. The average molecular weight is 407 g/mol. The van der Waals surface area contributed by atoms with Crippen molar-refractivity contribution < 1.29 is 0 Å². The molecule has 0 bridgehead atoms. The smallest absolute Gasteiger partial charge is 0.226 e. The maximum atomic E-state index is 4.93. The Labute approximate surface area is 171 Å². The quantitative estimate of drug-likeness (QED) is 0.510. The van der Waals surface area contributed by atoms with E-state index in [4.69, 9.17) is 9.97 Å². The van der Waals surface area contributed by atoms with E-state index in [1.54, 1.807) is 22.7 Å². The number of anilines is 2. The second kappa shape index (κ2) is 7.65. The van der Waals surface area contributed by atoms with Gasteiger partial charge in [0.15, 0.2) is 0 Å². The Balaban J connectivity index is 1.41. The molecule has 4 aromatic rings. The molecule has 5 rings (SSSR count). The number of rotatable bonds is 4. The Morgan fingerprint density at radius 1 is 0.786 bits per heavy atom. The maximum absolute atomic E-state index is 4.93. The van der Waals surface area contributed by atoms with E-state index >= 15 is 0 Å².